The summed E-state index contributed by atoms with van der Waals surface area (Å²) in [7, 11) is 0. The van der Waals surface area contributed by atoms with E-state index in [0.717, 1.165) is 12.8 Å². The number of unbranched alkanes of at least 4 members (excludes halogenated alkanes) is 8. The fourth-order valence-electron chi connectivity index (χ4n) is 11.9. The number of benzene rings is 8. The third kappa shape index (κ3) is 8.80. The Kier molecular flexibility index (Phi) is 12.9. The van der Waals surface area contributed by atoms with E-state index in [1.807, 2.05) is 0 Å². The van der Waals surface area contributed by atoms with E-state index in [0.29, 0.717) is 0 Å². The van der Waals surface area contributed by atoms with Crippen molar-refractivity contribution in [3.63, 3.8) is 0 Å². The summed E-state index contributed by atoms with van der Waals surface area (Å²) >= 11 is 0. The average molecular weight is 855 g/mol. The van der Waals surface area contributed by atoms with Gasteiger partial charge in [0.2, 0.25) is 0 Å². The molecule has 0 N–H and O–H groups in total. The molecule has 2 unspecified atom stereocenters. The van der Waals surface area contributed by atoms with Crippen molar-refractivity contribution in [1.82, 2.24) is 0 Å². The van der Waals surface area contributed by atoms with Crippen LogP contribution in [0.2, 0.25) is 0 Å². The minimum Gasteiger partial charge on any atom is -0.0654 e. The molecule has 0 spiro atoms. The summed E-state index contributed by atoms with van der Waals surface area (Å²) in [6.07, 6.45) is 15.0. The zero-order chi connectivity index (χ0) is 45.3. The Labute approximate surface area is 391 Å². The third-order valence-electron chi connectivity index (χ3n) is 15.5. The molecule has 0 aromatic heterocycles. The lowest BCUT2D eigenvalue weighted by Gasteiger charge is -2.47. The van der Waals surface area contributed by atoms with Crippen LogP contribution in [0.25, 0.3) is 54.2 Å². The normalized spacial score (nSPS) is 14.6. The van der Waals surface area contributed by atoms with Crippen LogP contribution in [-0.4, -0.2) is 0 Å². The number of hydrogen-bond acceptors (Lipinski definition) is 0. The topological polar surface area (TPSA) is 0 Å². The molecule has 1 aliphatic carbocycles. The standard InChI is InChI=1S/C65H74/c1-9-11-13-15-17-27-59(51-31-29-49-37-45-23-19-21-25-47(45)39-53(49)41-51)65(61-35-33-55(63(3,4)5)43-57(61)58-44-56(64(6,7)8)34-36-62(58)65)60(28-18-16-14-12-10-2)52-32-30-50-38-46-24-20-22-26-48(46)40-54(50)42-52/h19-26,29-44,59-60H,9-18,27-28H2,1-8H3. The summed E-state index contributed by atoms with van der Waals surface area (Å²) in [5, 5.41) is 10.6. The van der Waals surface area contributed by atoms with E-state index in [2.05, 4.69) is 201 Å². The lowest BCUT2D eigenvalue weighted by atomic mass is 9.55. The van der Waals surface area contributed by atoms with Crippen LogP contribution < -0.4 is 0 Å². The Balaban J connectivity index is 1.37. The summed E-state index contributed by atoms with van der Waals surface area (Å²) in [4.78, 5) is 0. The molecule has 0 saturated heterocycles. The van der Waals surface area contributed by atoms with Gasteiger partial charge in [-0.1, -0.05) is 241 Å². The van der Waals surface area contributed by atoms with E-state index in [1.54, 1.807) is 11.1 Å². The van der Waals surface area contributed by atoms with E-state index in [9.17, 15) is 0 Å². The Morgan fingerprint density at radius 1 is 0.354 bits per heavy atom. The Bertz CT molecular complexity index is 2740. The van der Waals surface area contributed by atoms with E-state index in [-0.39, 0.29) is 28.1 Å². The van der Waals surface area contributed by atoms with Crippen molar-refractivity contribution in [2.75, 3.05) is 0 Å². The zero-order valence-electron chi connectivity index (χ0n) is 41.0. The van der Waals surface area contributed by atoms with Gasteiger partial charge in [-0.2, -0.15) is 0 Å². The van der Waals surface area contributed by atoms with Gasteiger partial charge in [0.05, 0.1) is 0 Å². The van der Waals surface area contributed by atoms with E-state index in [1.165, 1.54) is 141 Å². The molecule has 65 heavy (non-hydrogen) atoms. The summed E-state index contributed by atoms with van der Waals surface area (Å²) in [5.41, 5.74) is 11.6. The Morgan fingerprint density at radius 2 is 0.708 bits per heavy atom. The molecule has 0 saturated carbocycles. The summed E-state index contributed by atoms with van der Waals surface area (Å²) in [5.74, 6) is 0.517. The molecular formula is C65H74. The number of rotatable bonds is 16. The largest absolute Gasteiger partial charge is 0.0654 e. The van der Waals surface area contributed by atoms with E-state index in [4.69, 9.17) is 0 Å². The molecule has 0 fully saturated rings. The maximum absolute atomic E-state index is 2.63. The van der Waals surface area contributed by atoms with E-state index >= 15 is 0 Å². The SMILES string of the molecule is CCCCCCCC(c1ccc2cc3ccccc3cc2c1)C1(C(CCCCCCC)c2ccc3cc4ccccc4cc3c2)c2ccc(C(C)(C)C)cc2-c2cc(C(C)(C)C)ccc21. The highest BCUT2D eigenvalue weighted by atomic mass is 14.6. The lowest BCUT2D eigenvalue weighted by Crippen LogP contribution is -2.40. The highest BCUT2D eigenvalue weighted by Crippen LogP contribution is 2.65. The molecule has 8 aromatic rings. The van der Waals surface area contributed by atoms with Crippen LogP contribution >= 0.6 is 0 Å². The molecule has 0 heteroatoms. The van der Waals surface area contributed by atoms with Crippen molar-refractivity contribution >= 4 is 43.1 Å². The first-order valence-corrected chi connectivity index (χ1v) is 25.6. The minimum absolute atomic E-state index is 0.0294. The van der Waals surface area contributed by atoms with Crippen molar-refractivity contribution in [1.29, 1.82) is 0 Å². The van der Waals surface area contributed by atoms with Crippen LogP contribution in [0, 0.1) is 0 Å². The van der Waals surface area contributed by atoms with Gasteiger partial charge in [-0.15, -0.1) is 0 Å². The number of fused-ring (bicyclic) bond motifs is 7. The number of hydrogen-bond donors (Lipinski definition) is 0. The lowest BCUT2D eigenvalue weighted by molar-refractivity contribution is 0.302. The average Bonchev–Trinajstić information content (AvgIpc) is 3.58. The smallest absolute Gasteiger partial charge is 0.0352 e. The molecule has 0 radical (unpaired) electrons. The van der Waals surface area contributed by atoms with Gasteiger partial charge >= 0.3 is 0 Å². The first-order valence-electron chi connectivity index (χ1n) is 25.6. The fraction of sp³-hybridized carbons (Fsp3) is 0.385. The van der Waals surface area contributed by atoms with Crippen LogP contribution in [0.4, 0.5) is 0 Å². The van der Waals surface area contributed by atoms with E-state index < -0.39 is 0 Å². The van der Waals surface area contributed by atoms with Gasteiger partial charge < -0.3 is 0 Å². The molecule has 1 aliphatic rings. The van der Waals surface area contributed by atoms with Crippen LogP contribution in [0.15, 0.2) is 146 Å². The monoisotopic (exact) mass is 855 g/mol. The van der Waals surface area contributed by atoms with Gasteiger partial charge in [0.15, 0.2) is 0 Å². The molecule has 0 bridgehead atoms. The predicted molar refractivity (Wildman–Crippen MR) is 285 cm³/mol. The Hall–Kier alpha value is -5.20. The van der Waals surface area contributed by atoms with Gasteiger partial charge in [0.1, 0.15) is 0 Å². The molecule has 0 amide bonds. The second-order valence-corrected chi connectivity index (χ2v) is 22.0. The van der Waals surface area contributed by atoms with Gasteiger partial charge in [0.25, 0.3) is 0 Å². The predicted octanol–water partition coefficient (Wildman–Crippen LogP) is 19.4. The van der Waals surface area contributed by atoms with Crippen LogP contribution in [0.5, 0.6) is 0 Å². The van der Waals surface area contributed by atoms with Crippen LogP contribution in [-0.2, 0) is 16.2 Å². The van der Waals surface area contributed by atoms with Crippen molar-refractivity contribution in [3.05, 3.63) is 179 Å². The Morgan fingerprint density at radius 3 is 1.08 bits per heavy atom. The maximum atomic E-state index is 2.63. The molecule has 334 valence electrons. The highest BCUT2D eigenvalue weighted by Gasteiger charge is 2.54. The molecular weight excluding hydrogens is 781 g/mol. The second kappa shape index (κ2) is 18.6. The second-order valence-electron chi connectivity index (χ2n) is 22.0. The van der Waals surface area contributed by atoms with Gasteiger partial charge in [-0.05, 0) is 147 Å². The minimum atomic E-state index is -0.304. The van der Waals surface area contributed by atoms with Crippen LogP contribution in [0.3, 0.4) is 0 Å². The quantitative estimate of drug-likeness (QED) is 0.0671. The van der Waals surface area contributed by atoms with Crippen molar-refractivity contribution in [2.24, 2.45) is 0 Å². The molecule has 9 rings (SSSR count). The first kappa shape index (κ1) is 45.0. The van der Waals surface area contributed by atoms with Crippen molar-refractivity contribution in [3.8, 4) is 11.1 Å². The molecule has 0 aliphatic heterocycles. The van der Waals surface area contributed by atoms with Gasteiger partial charge in [-0.3, -0.25) is 0 Å². The van der Waals surface area contributed by atoms with Crippen LogP contribution in [0.1, 0.15) is 178 Å². The van der Waals surface area contributed by atoms with Gasteiger partial charge in [0, 0.05) is 5.41 Å². The fourth-order valence-corrected chi connectivity index (χ4v) is 11.9. The highest BCUT2D eigenvalue weighted by molar-refractivity contribution is 6.00. The maximum Gasteiger partial charge on any atom is 0.0352 e. The molecule has 0 heterocycles. The molecule has 0 nitrogen and oxygen atoms in total. The first-order chi connectivity index (χ1) is 31.4. The van der Waals surface area contributed by atoms with Crippen molar-refractivity contribution < 1.29 is 0 Å². The molecule has 8 aromatic carbocycles. The molecule has 2 atom stereocenters. The third-order valence-corrected chi connectivity index (χ3v) is 15.5. The summed E-state index contributed by atoms with van der Waals surface area (Å²) in [6, 6.07) is 58.3. The van der Waals surface area contributed by atoms with Gasteiger partial charge in [-0.25, -0.2) is 0 Å². The zero-order valence-corrected chi connectivity index (χ0v) is 41.0. The summed E-state index contributed by atoms with van der Waals surface area (Å²) < 4.78 is 0. The summed E-state index contributed by atoms with van der Waals surface area (Å²) in [6.45, 7) is 19.0. The van der Waals surface area contributed by atoms with Crippen molar-refractivity contribution in [2.45, 2.75) is 161 Å².